The van der Waals surface area contributed by atoms with Gasteiger partial charge in [-0.1, -0.05) is 12.1 Å². The molecule has 0 aliphatic carbocycles. The van der Waals surface area contributed by atoms with Crippen LogP contribution in [0.5, 0.6) is 0 Å². The van der Waals surface area contributed by atoms with Crippen molar-refractivity contribution in [2.24, 2.45) is 0 Å². The Morgan fingerprint density at radius 2 is 2.12 bits per heavy atom. The van der Waals surface area contributed by atoms with Gasteiger partial charge < -0.3 is 10.2 Å². The molecule has 1 fully saturated rings. The van der Waals surface area contributed by atoms with Crippen LogP contribution >= 0.6 is 0 Å². The van der Waals surface area contributed by atoms with Crippen LogP contribution in [0.3, 0.4) is 0 Å². The van der Waals surface area contributed by atoms with E-state index in [0.29, 0.717) is 6.42 Å². The molecule has 0 spiro atoms. The molecule has 1 aromatic heterocycles. The Morgan fingerprint density at radius 1 is 1.38 bits per heavy atom. The van der Waals surface area contributed by atoms with Crippen LogP contribution in [-0.2, 0) is 11.3 Å². The number of aromatic nitrogens is 2. The van der Waals surface area contributed by atoms with Crippen LogP contribution in [0.15, 0.2) is 42.7 Å². The van der Waals surface area contributed by atoms with Gasteiger partial charge in [0.25, 0.3) is 0 Å². The molecule has 1 aromatic carbocycles. The normalized spacial score (nSPS) is 22.1. The third kappa shape index (κ3) is 3.64. The second kappa shape index (κ2) is 7.13. The summed E-state index contributed by atoms with van der Waals surface area (Å²) in [5, 5.41) is 7.77. The molecular formula is C18H23FN4O. The Labute approximate surface area is 141 Å². The van der Waals surface area contributed by atoms with Crippen molar-refractivity contribution in [2.45, 2.75) is 44.4 Å². The quantitative estimate of drug-likeness (QED) is 0.885. The highest BCUT2D eigenvalue weighted by molar-refractivity contribution is 5.80. The minimum Gasteiger partial charge on any atom is -0.337 e. The van der Waals surface area contributed by atoms with Crippen molar-refractivity contribution in [1.29, 1.82) is 0 Å². The summed E-state index contributed by atoms with van der Waals surface area (Å²) in [7, 11) is 1.81. The third-order valence-corrected chi connectivity index (χ3v) is 4.65. The molecule has 3 atom stereocenters. The van der Waals surface area contributed by atoms with Crippen LogP contribution in [0.2, 0.25) is 0 Å². The Balaban J connectivity index is 1.66. The van der Waals surface area contributed by atoms with Gasteiger partial charge in [-0.05, 0) is 37.1 Å². The highest BCUT2D eigenvalue weighted by Gasteiger charge is 2.38. The first-order chi connectivity index (χ1) is 11.5. The number of carbonyl (C=O) groups is 1. The number of nitrogens with zero attached hydrogens (tertiary/aromatic N) is 3. The van der Waals surface area contributed by atoms with Crippen LogP contribution in [-0.4, -0.2) is 39.7 Å². The lowest BCUT2D eigenvalue weighted by Crippen LogP contribution is -2.40. The molecule has 2 aromatic rings. The average Bonchev–Trinajstić information content (AvgIpc) is 3.16. The van der Waals surface area contributed by atoms with Gasteiger partial charge in [0.2, 0.25) is 5.91 Å². The highest BCUT2D eigenvalue weighted by Crippen LogP contribution is 2.32. The van der Waals surface area contributed by atoms with Gasteiger partial charge in [0.15, 0.2) is 0 Å². The number of hydrogen-bond donors (Lipinski definition) is 1. The van der Waals surface area contributed by atoms with Crippen LogP contribution in [0.25, 0.3) is 0 Å². The van der Waals surface area contributed by atoms with Gasteiger partial charge in [0.1, 0.15) is 5.82 Å². The number of carbonyl (C=O) groups excluding carboxylic acids is 1. The fraction of sp³-hybridized carbons (Fsp3) is 0.444. The van der Waals surface area contributed by atoms with E-state index in [2.05, 4.69) is 17.3 Å². The summed E-state index contributed by atoms with van der Waals surface area (Å²) in [5.41, 5.74) is 0.960. The zero-order valence-electron chi connectivity index (χ0n) is 14.0. The molecule has 1 N–H and O–H groups in total. The van der Waals surface area contributed by atoms with Crippen molar-refractivity contribution in [2.75, 3.05) is 7.05 Å². The Morgan fingerprint density at radius 3 is 2.79 bits per heavy atom. The molecule has 0 bridgehead atoms. The smallest absolute Gasteiger partial charge is 0.224 e. The van der Waals surface area contributed by atoms with E-state index >= 15 is 0 Å². The van der Waals surface area contributed by atoms with E-state index in [1.807, 2.05) is 24.0 Å². The lowest BCUT2D eigenvalue weighted by molar-refractivity contribution is -0.127. The van der Waals surface area contributed by atoms with E-state index in [-0.39, 0.29) is 29.8 Å². The number of amides is 1. The first kappa shape index (κ1) is 16.6. The van der Waals surface area contributed by atoms with E-state index in [9.17, 15) is 9.18 Å². The lowest BCUT2D eigenvalue weighted by atomic mass is 9.99. The topological polar surface area (TPSA) is 50.2 Å². The zero-order valence-corrected chi connectivity index (χ0v) is 14.0. The van der Waals surface area contributed by atoms with Crippen molar-refractivity contribution in [3.8, 4) is 0 Å². The van der Waals surface area contributed by atoms with Crippen molar-refractivity contribution in [3.63, 3.8) is 0 Å². The number of hydrogen-bond acceptors (Lipinski definition) is 3. The fourth-order valence-corrected chi connectivity index (χ4v) is 3.34. The van der Waals surface area contributed by atoms with E-state index in [4.69, 9.17) is 0 Å². The van der Waals surface area contributed by atoms with Gasteiger partial charge in [0, 0.05) is 44.5 Å². The Hall–Kier alpha value is -2.21. The van der Waals surface area contributed by atoms with E-state index < -0.39 is 0 Å². The zero-order chi connectivity index (χ0) is 17.1. The van der Waals surface area contributed by atoms with Gasteiger partial charge >= 0.3 is 0 Å². The van der Waals surface area contributed by atoms with Gasteiger partial charge in [-0.2, -0.15) is 5.10 Å². The number of likely N-dealkylation sites (tertiary alicyclic amines) is 1. The largest absolute Gasteiger partial charge is 0.337 e. The van der Waals surface area contributed by atoms with Gasteiger partial charge in [-0.3, -0.25) is 9.48 Å². The number of benzene rings is 1. The molecular weight excluding hydrogens is 307 g/mol. The molecule has 0 unspecified atom stereocenters. The number of nitrogens with one attached hydrogen (secondary N) is 1. The first-order valence-corrected chi connectivity index (χ1v) is 8.29. The minimum atomic E-state index is -0.261. The summed E-state index contributed by atoms with van der Waals surface area (Å²) in [6, 6.07) is 8.55. The molecule has 24 heavy (non-hydrogen) atoms. The second-order valence-corrected chi connectivity index (χ2v) is 6.44. The highest BCUT2D eigenvalue weighted by atomic mass is 19.1. The monoisotopic (exact) mass is 330 g/mol. The maximum absolute atomic E-state index is 13.2. The predicted molar refractivity (Wildman–Crippen MR) is 89.8 cm³/mol. The van der Waals surface area contributed by atoms with Crippen molar-refractivity contribution >= 4 is 5.91 Å². The SMILES string of the molecule is C[C@H](CCn1cccn1)N[C@@H]1CC(=O)N(C)[C@@H]1c1ccc(F)cc1. The van der Waals surface area contributed by atoms with E-state index in [1.54, 1.807) is 23.2 Å². The van der Waals surface area contributed by atoms with Gasteiger partial charge in [-0.25, -0.2) is 4.39 Å². The lowest BCUT2D eigenvalue weighted by Gasteiger charge is -2.28. The molecule has 3 rings (SSSR count). The maximum atomic E-state index is 13.2. The number of likely N-dealkylation sites (N-methyl/N-ethyl adjacent to an activating group) is 1. The predicted octanol–water partition coefficient (Wildman–Crippen LogP) is 2.36. The Kier molecular flexibility index (Phi) is 4.94. The molecule has 128 valence electrons. The summed E-state index contributed by atoms with van der Waals surface area (Å²) in [5.74, 6) is -0.149. The molecule has 1 aliphatic heterocycles. The second-order valence-electron chi connectivity index (χ2n) is 6.44. The van der Waals surface area contributed by atoms with Crippen molar-refractivity contribution in [3.05, 3.63) is 54.1 Å². The number of halogens is 1. The first-order valence-electron chi connectivity index (χ1n) is 8.29. The molecule has 1 amide bonds. The molecule has 1 saturated heterocycles. The van der Waals surface area contributed by atoms with E-state index in [1.165, 1.54) is 12.1 Å². The van der Waals surface area contributed by atoms with Gasteiger partial charge in [-0.15, -0.1) is 0 Å². The third-order valence-electron chi connectivity index (χ3n) is 4.65. The molecule has 1 aliphatic rings. The minimum absolute atomic E-state index is 0.0283. The summed E-state index contributed by atoms with van der Waals surface area (Å²) in [6.07, 6.45) is 5.10. The molecule has 0 radical (unpaired) electrons. The fourth-order valence-electron chi connectivity index (χ4n) is 3.34. The molecule has 6 heteroatoms. The van der Waals surface area contributed by atoms with E-state index in [0.717, 1.165) is 18.5 Å². The van der Waals surface area contributed by atoms with Crippen molar-refractivity contribution in [1.82, 2.24) is 20.0 Å². The standard InChI is InChI=1S/C18H23FN4O/c1-13(8-11-23-10-3-9-20-23)21-16-12-17(24)22(2)18(16)14-4-6-15(19)7-5-14/h3-7,9-10,13,16,18,21H,8,11-12H2,1-2H3/t13-,16-,18-/m1/s1. The Bertz CT molecular complexity index is 671. The van der Waals surface area contributed by atoms with Crippen LogP contribution in [0.1, 0.15) is 31.4 Å². The molecule has 2 heterocycles. The van der Waals surface area contributed by atoms with Gasteiger partial charge in [0.05, 0.1) is 6.04 Å². The van der Waals surface area contributed by atoms with Crippen molar-refractivity contribution < 1.29 is 9.18 Å². The summed E-state index contributed by atoms with van der Waals surface area (Å²) < 4.78 is 15.1. The molecule has 0 saturated carbocycles. The maximum Gasteiger partial charge on any atom is 0.224 e. The summed E-state index contributed by atoms with van der Waals surface area (Å²) in [4.78, 5) is 13.9. The van der Waals surface area contributed by atoms with Crippen LogP contribution in [0, 0.1) is 5.82 Å². The average molecular weight is 330 g/mol. The summed E-state index contributed by atoms with van der Waals surface area (Å²) >= 11 is 0. The molecule has 5 nitrogen and oxygen atoms in total. The number of rotatable bonds is 6. The van der Waals surface area contributed by atoms with Crippen LogP contribution in [0.4, 0.5) is 4.39 Å². The number of aryl methyl sites for hydroxylation is 1. The van der Waals surface area contributed by atoms with Crippen LogP contribution < -0.4 is 5.32 Å². The summed E-state index contributed by atoms with van der Waals surface area (Å²) in [6.45, 7) is 2.95.